The van der Waals surface area contributed by atoms with Crippen LogP contribution in [0.5, 0.6) is 0 Å². The van der Waals surface area contributed by atoms with Crippen LogP contribution >= 0.6 is 22.9 Å². The molecule has 0 atom stereocenters. The lowest BCUT2D eigenvalue weighted by Crippen LogP contribution is -2.05. The predicted molar refractivity (Wildman–Crippen MR) is 63.6 cm³/mol. The molecule has 6 nitrogen and oxygen atoms in total. The third-order valence-electron chi connectivity index (χ3n) is 2.26. The molecule has 3 heterocycles. The molecule has 0 aromatic carbocycles. The number of pyridine rings is 1. The quantitative estimate of drug-likeness (QED) is 0.508. The minimum absolute atomic E-state index is 0.248. The van der Waals surface area contributed by atoms with Gasteiger partial charge in [-0.05, 0) is 11.6 Å². The normalized spacial score (nSPS) is 11.4. The highest BCUT2D eigenvalue weighted by Gasteiger charge is 2.18. The molecule has 3 N–H and O–H groups in total. The van der Waals surface area contributed by atoms with Gasteiger partial charge >= 0.3 is 0 Å². The number of nitrogens with one attached hydrogen (secondary N) is 1. The highest BCUT2D eigenvalue weighted by molar-refractivity contribution is 7.22. The molecule has 1 aromatic heterocycles. The summed E-state index contributed by atoms with van der Waals surface area (Å²) in [6.07, 6.45) is 1.84. The molecule has 3 rings (SSSR count). The topological polar surface area (TPSA) is 81.7 Å². The Morgan fingerprint density at radius 2 is 2.25 bits per heavy atom. The number of nitrogens with two attached hydrogens (primary N) is 1. The molecule has 0 bridgehead atoms. The Kier molecular flexibility index (Phi) is 2.00. The average molecular weight is 255 g/mol. The van der Waals surface area contributed by atoms with Crippen LogP contribution in [0.1, 0.15) is 0 Å². The van der Waals surface area contributed by atoms with Crippen LogP contribution in [-0.2, 0) is 7.05 Å². The van der Waals surface area contributed by atoms with E-state index in [0.29, 0.717) is 5.13 Å². The molecule has 8 heteroatoms. The monoisotopic (exact) mass is 254 g/mol. The van der Waals surface area contributed by atoms with Gasteiger partial charge in [-0.2, -0.15) is 0 Å². The van der Waals surface area contributed by atoms with Crippen molar-refractivity contribution in [2.24, 2.45) is 12.9 Å². The summed E-state index contributed by atoms with van der Waals surface area (Å²) >= 11 is 7.21. The summed E-state index contributed by atoms with van der Waals surface area (Å²) in [5.74, 6) is 5.34. The van der Waals surface area contributed by atoms with Crippen molar-refractivity contribution in [3.8, 4) is 11.4 Å². The zero-order valence-electron chi connectivity index (χ0n) is 8.23. The molecule has 0 saturated carbocycles. The fraction of sp³-hybridized carbons (Fsp3) is 0.125. The maximum absolute atomic E-state index is 5.79. The molecule has 0 radical (unpaired) electrons. The van der Waals surface area contributed by atoms with E-state index in [1.165, 1.54) is 11.3 Å². The molecule has 2 aliphatic heterocycles. The van der Waals surface area contributed by atoms with Gasteiger partial charge in [0.25, 0.3) is 0 Å². The summed E-state index contributed by atoms with van der Waals surface area (Å²) in [7, 11) is 1.89. The molecule has 2 aliphatic rings. The number of anilines is 1. The molecule has 0 unspecified atom stereocenters. The second-order valence-electron chi connectivity index (χ2n) is 3.28. The van der Waals surface area contributed by atoms with Crippen LogP contribution in [0.25, 0.3) is 21.7 Å². The summed E-state index contributed by atoms with van der Waals surface area (Å²) in [4.78, 5) is 12.6. The van der Waals surface area contributed by atoms with Crippen molar-refractivity contribution in [2.75, 3.05) is 5.43 Å². The molecule has 0 amide bonds. The first-order chi connectivity index (χ1) is 7.69. The number of rotatable bonds is 1. The molecule has 1 aromatic rings. The van der Waals surface area contributed by atoms with Gasteiger partial charge < -0.3 is 4.57 Å². The first-order valence-electron chi connectivity index (χ1n) is 4.45. The summed E-state index contributed by atoms with van der Waals surface area (Å²) < 4.78 is 2.80. The van der Waals surface area contributed by atoms with Crippen molar-refractivity contribution < 1.29 is 0 Å². The van der Waals surface area contributed by atoms with E-state index in [0.717, 1.165) is 21.7 Å². The smallest absolute Gasteiger partial charge is 0.223 e. The zero-order chi connectivity index (χ0) is 11.3. The van der Waals surface area contributed by atoms with E-state index in [2.05, 4.69) is 20.4 Å². The molecule has 82 valence electrons. The zero-order valence-corrected chi connectivity index (χ0v) is 9.80. The van der Waals surface area contributed by atoms with E-state index in [-0.39, 0.29) is 5.28 Å². The number of thiazole rings is 1. The van der Waals surface area contributed by atoms with Crippen LogP contribution in [-0.4, -0.2) is 19.5 Å². The fourth-order valence-electron chi connectivity index (χ4n) is 1.60. The number of hydrazine groups is 1. The van der Waals surface area contributed by atoms with Gasteiger partial charge in [0.05, 0.1) is 0 Å². The second-order valence-corrected chi connectivity index (χ2v) is 4.62. The fourth-order valence-corrected chi connectivity index (χ4v) is 2.68. The third-order valence-corrected chi connectivity index (χ3v) is 3.41. The lowest BCUT2D eigenvalue weighted by molar-refractivity contribution is 0.933. The van der Waals surface area contributed by atoms with Crippen LogP contribution in [0.15, 0.2) is 6.20 Å². The number of hydrogen-bond donors (Lipinski definition) is 2. The summed E-state index contributed by atoms with van der Waals surface area (Å²) in [5, 5.41) is 0.885. The van der Waals surface area contributed by atoms with Gasteiger partial charge in [0.1, 0.15) is 16.1 Å². The van der Waals surface area contributed by atoms with Crippen molar-refractivity contribution in [3.63, 3.8) is 0 Å². The van der Waals surface area contributed by atoms with Crippen molar-refractivity contribution in [3.05, 3.63) is 11.5 Å². The predicted octanol–water partition coefficient (Wildman–Crippen LogP) is 1.47. The number of halogens is 1. The molecule has 16 heavy (non-hydrogen) atoms. The first-order valence-corrected chi connectivity index (χ1v) is 5.64. The van der Waals surface area contributed by atoms with Crippen LogP contribution in [0.4, 0.5) is 5.13 Å². The van der Waals surface area contributed by atoms with Gasteiger partial charge in [-0.1, -0.05) is 11.3 Å². The minimum atomic E-state index is 0.248. The Hall–Kier alpha value is -1.44. The van der Waals surface area contributed by atoms with E-state index in [9.17, 15) is 0 Å². The van der Waals surface area contributed by atoms with Crippen molar-refractivity contribution in [2.45, 2.75) is 0 Å². The molecule has 0 saturated heterocycles. The number of aromatic nitrogens is 4. The number of hydrogen-bond acceptors (Lipinski definition) is 6. The Balaban J connectivity index is 2.46. The number of fused-ring (bicyclic) bond motifs is 3. The SMILES string of the molecule is Cn1cc2nc(Cl)nc-2c2sc(NN)nc21. The minimum Gasteiger partial charge on any atom is -0.333 e. The van der Waals surface area contributed by atoms with Crippen molar-refractivity contribution in [1.82, 2.24) is 19.5 Å². The van der Waals surface area contributed by atoms with E-state index < -0.39 is 0 Å². The third kappa shape index (κ3) is 1.26. The van der Waals surface area contributed by atoms with E-state index in [4.69, 9.17) is 17.4 Å². The second kappa shape index (κ2) is 3.27. The Labute approximate surface area is 99.4 Å². The standard InChI is InChI=1S/C8H7ClN6S/c1-15-2-3-4(12-7(9)11-3)5-6(15)13-8(14-10)16-5/h2H,10H2,1H3,(H,13,14). The van der Waals surface area contributed by atoms with E-state index >= 15 is 0 Å². The van der Waals surface area contributed by atoms with Crippen LogP contribution in [0, 0.1) is 0 Å². The summed E-state index contributed by atoms with van der Waals surface area (Å²) in [6.45, 7) is 0. The number of imidazole rings is 1. The number of nitrogen functional groups attached to an aromatic ring is 1. The molecule has 0 spiro atoms. The van der Waals surface area contributed by atoms with Gasteiger partial charge in [0, 0.05) is 13.2 Å². The van der Waals surface area contributed by atoms with Gasteiger partial charge in [-0.25, -0.2) is 20.8 Å². The average Bonchev–Trinajstić information content (AvgIpc) is 2.80. The van der Waals surface area contributed by atoms with Crippen LogP contribution in [0.3, 0.4) is 0 Å². The van der Waals surface area contributed by atoms with E-state index in [1.807, 2.05) is 17.8 Å². The number of nitrogens with zero attached hydrogens (tertiary/aromatic N) is 4. The molecular formula is C8H7ClN6S. The largest absolute Gasteiger partial charge is 0.333 e. The molecule has 0 aliphatic carbocycles. The maximum atomic E-state index is 5.79. The van der Waals surface area contributed by atoms with Crippen molar-refractivity contribution >= 4 is 38.4 Å². The first kappa shape index (κ1) is 9.76. The Morgan fingerprint density at radius 3 is 3.00 bits per heavy atom. The van der Waals surface area contributed by atoms with Gasteiger partial charge in [-0.3, -0.25) is 5.43 Å². The highest BCUT2D eigenvalue weighted by Crippen LogP contribution is 2.35. The summed E-state index contributed by atoms with van der Waals surface area (Å²) in [6, 6.07) is 0. The van der Waals surface area contributed by atoms with Crippen molar-refractivity contribution in [1.29, 1.82) is 0 Å². The van der Waals surface area contributed by atoms with E-state index in [1.54, 1.807) is 0 Å². The molecular weight excluding hydrogens is 248 g/mol. The summed E-state index contributed by atoms with van der Waals surface area (Å²) in [5.41, 5.74) is 4.85. The Morgan fingerprint density at radius 1 is 1.44 bits per heavy atom. The maximum Gasteiger partial charge on any atom is 0.223 e. The van der Waals surface area contributed by atoms with Gasteiger partial charge in [0.15, 0.2) is 10.8 Å². The molecule has 0 fully saturated rings. The van der Waals surface area contributed by atoms with Gasteiger partial charge in [-0.15, -0.1) is 0 Å². The van der Waals surface area contributed by atoms with Crippen LogP contribution < -0.4 is 11.3 Å². The Bertz CT molecular complexity index is 644. The van der Waals surface area contributed by atoms with Gasteiger partial charge in [0.2, 0.25) is 5.28 Å². The lowest BCUT2D eigenvalue weighted by Gasteiger charge is -2.02. The van der Waals surface area contributed by atoms with Crippen LogP contribution in [0.2, 0.25) is 5.28 Å². The highest BCUT2D eigenvalue weighted by atomic mass is 35.5. The lowest BCUT2D eigenvalue weighted by atomic mass is 10.3. The number of aryl methyl sites for hydroxylation is 1.